The van der Waals surface area contributed by atoms with Crippen LogP contribution in [0.3, 0.4) is 0 Å². The lowest BCUT2D eigenvalue weighted by atomic mass is 10.2. The van der Waals surface area contributed by atoms with Crippen molar-refractivity contribution in [2.45, 2.75) is 17.6 Å². The number of nitrogen functional groups attached to an aromatic ring is 1. The van der Waals surface area contributed by atoms with Crippen LogP contribution in [0.4, 0.5) is 10.1 Å². The van der Waals surface area contributed by atoms with Crippen LogP contribution in [-0.4, -0.2) is 4.21 Å². The molecule has 0 heterocycles. The van der Waals surface area contributed by atoms with Gasteiger partial charge >= 0.3 is 0 Å². The Morgan fingerprint density at radius 3 is 2.63 bits per heavy atom. The molecular formula is C14H13ClFNOS. The Hall–Kier alpha value is -1.39. The van der Waals surface area contributed by atoms with Gasteiger partial charge in [-0.1, -0.05) is 17.7 Å². The summed E-state index contributed by atoms with van der Waals surface area (Å²) in [6.07, 6.45) is 0. The molecule has 0 spiro atoms. The fourth-order valence-electron chi connectivity index (χ4n) is 1.79. The van der Waals surface area contributed by atoms with E-state index in [4.69, 9.17) is 17.3 Å². The number of hydrogen-bond acceptors (Lipinski definition) is 2. The second kappa shape index (κ2) is 5.72. The normalized spacial score (nSPS) is 12.4. The first kappa shape index (κ1) is 14.0. The summed E-state index contributed by atoms with van der Waals surface area (Å²) in [5.74, 6) is -0.246. The second-order valence-electron chi connectivity index (χ2n) is 4.26. The zero-order chi connectivity index (χ0) is 14.0. The fraction of sp³-hybridized carbons (Fsp3) is 0.143. The topological polar surface area (TPSA) is 43.1 Å². The molecule has 0 radical (unpaired) electrons. The zero-order valence-corrected chi connectivity index (χ0v) is 11.9. The average Bonchev–Trinajstić information content (AvgIpc) is 2.33. The lowest BCUT2D eigenvalue weighted by Gasteiger charge is -2.07. The van der Waals surface area contributed by atoms with Crippen LogP contribution in [0.25, 0.3) is 0 Å². The Bertz CT molecular complexity index is 645. The van der Waals surface area contributed by atoms with Gasteiger partial charge in [0.25, 0.3) is 0 Å². The largest absolute Gasteiger partial charge is 0.399 e. The molecule has 2 nitrogen and oxygen atoms in total. The molecule has 0 amide bonds. The monoisotopic (exact) mass is 297 g/mol. The van der Waals surface area contributed by atoms with E-state index in [1.54, 1.807) is 24.3 Å². The van der Waals surface area contributed by atoms with Crippen LogP contribution in [-0.2, 0) is 16.6 Å². The molecule has 0 bridgehead atoms. The Balaban J connectivity index is 2.23. The number of rotatable bonds is 3. The first-order valence-electron chi connectivity index (χ1n) is 5.66. The Labute approximate surface area is 118 Å². The van der Waals surface area contributed by atoms with E-state index in [9.17, 15) is 8.60 Å². The molecule has 2 aromatic rings. The summed E-state index contributed by atoms with van der Waals surface area (Å²) >= 11 is 5.61. The molecule has 0 aliphatic rings. The van der Waals surface area contributed by atoms with E-state index in [-0.39, 0.29) is 10.8 Å². The van der Waals surface area contributed by atoms with E-state index < -0.39 is 16.6 Å². The van der Waals surface area contributed by atoms with E-state index in [1.165, 1.54) is 12.1 Å². The minimum absolute atomic E-state index is 0.0678. The van der Waals surface area contributed by atoms with Crippen LogP contribution in [0.5, 0.6) is 0 Å². The van der Waals surface area contributed by atoms with Crippen molar-refractivity contribution < 1.29 is 8.60 Å². The smallest absolute Gasteiger partial charge is 0.142 e. The minimum atomic E-state index is -1.23. The second-order valence-corrected chi connectivity index (χ2v) is 6.09. The molecule has 100 valence electrons. The number of anilines is 1. The minimum Gasteiger partial charge on any atom is -0.399 e. The number of nitrogens with two attached hydrogens (primary N) is 1. The third-order valence-corrected chi connectivity index (χ3v) is 4.58. The standard InChI is InChI=1S/C14H13ClFNOS/c1-9-6-11(17)3-5-14(9)19(18)8-10-2-4-12(15)13(16)7-10/h2-7H,8,17H2,1H3. The van der Waals surface area contributed by atoms with Crippen molar-refractivity contribution in [2.24, 2.45) is 0 Å². The molecule has 5 heteroatoms. The van der Waals surface area contributed by atoms with Gasteiger partial charge in [-0.2, -0.15) is 0 Å². The Kier molecular flexibility index (Phi) is 4.22. The Morgan fingerprint density at radius 2 is 2.00 bits per heavy atom. The molecule has 19 heavy (non-hydrogen) atoms. The average molecular weight is 298 g/mol. The summed E-state index contributed by atoms with van der Waals surface area (Å²) in [5, 5.41) is 0.0678. The van der Waals surface area contributed by atoms with Gasteiger partial charge < -0.3 is 5.73 Å². The van der Waals surface area contributed by atoms with E-state index in [0.29, 0.717) is 16.1 Å². The van der Waals surface area contributed by atoms with Crippen LogP contribution in [0, 0.1) is 12.7 Å². The van der Waals surface area contributed by atoms with Crippen molar-refractivity contribution >= 4 is 28.1 Å². The van der Waals surface area contributed by atoms with Crippen molar-refractivity contribution in [3.63, 3.8) is 0 Å². The number of aryl methyl sites for hydroxylation is 1. The lowest BCUT2D eigenvalue weighted by Crippen LogP contribution is -2.00. The molecular weight excluding hydrogens is 285 g/mol. The van der Waals surface area contributed by atoms with Gasteiger partial charge in [0.05, 0.1) is 21.6 Å². The molecule has 0 aliphatic carbocycles. The van der Waals surface area contributed by atoms with Crippen molar-refractivity contribution in [1.29, 1.82) is 0 Å². The zero-order valence-electron chi connectivity index (χ0n) is 10.3. The van der Waals surface area contributed by atoms with Crippen LogP contribution in [0.15, 0.2) is 41.3 Å². The maximum absolute atomic E-state index is 13.3. The molecule has 0 fully saturated rings. The van der Waals surface area contributed by atoms with E-state index in [0.717, 1.165) is 5.56 Å². The van der Waals surface area contributed by atoms with Gasteiger partial charge in [-0.15, -0.1) is 0 Å². The summed E-state index contributed by atoms with van der Waals surface area (Å²) in [4.78, 5) is 0.713. The molecule has 1 unspecified atom stereocenters. The highest BCUT2D eigenvalue weighted by atomic mass is 35.5. The van der Waals surface area contributed by atoms with Gasteiger partial charge in [-0.05, 0) is 48.4 Å². The van der Waals surface area contributed by atoms with Gasteiger partial charge in [0, 0.05) is 10.6 Å². The predicted octanol–water partition coefficient (Wildman–Crippen LogP) is 3.68. The third kappa shape index (κ3) is 3.33. The summed E-state index contributed by atoms with van der Waals surface area (Å²) in [7, 11) is -1.23. The highest BCUT2D eigenvalue weighted by molar-refractivity contribution is 7.84. The van der Waals surface area contributed by atoms with Crippen LogP contribution >= 0.6 is 11.6 Å². The first-order valence-corrected chi connectivity index (χ1v) is 7.35. The summed E-state index contributed by atoms with van der Waals surface area (Å²) in [6.45, 7) is 1.85. The fourth-order valence-corrected chi connectivity index (χ4v) is 3.18. The van der Waals surface area contributed by atoms with Crippen LogP contribution in [0.1, 0.15) is 11.1 Å². The van der Waals surface area contributed by atoms with E-state index >= 15 is 0 Å². The first-order chi connectivity index (χ1) is 8.97. The maximum atomic E-state index is 13.3. The van der Waals surface area contributed by atoms with Crippen molar-refractivity contribution in [1.82, 2.24) is 0 Å². The molecule has 1 atom stereocenters. The highest BCUT2D eigenvalue weighted by Gasteiger charge is 2.10. The quantitative estimate of drug-likeness (QED) is 0.878. The van der Waals surface area contributed by atoms with Crippen molar-refractivity contribution in [3.8, 4) is 0 Å². The molecule has 0 saturated heterocycles. The van der Waals surface area contributed by atoms with Gasteiger partial charge in [0.15, 0.2) is 0 Å². The SMILES string of the molecule is Cc1cc(N)ccc1S(=O)Cc1ccc(Cl)c(F)c1. The third-order valence-electron chi connectivity index (χ3n) is 2.73. The number of hydrogen-bond donors (Lipinski definition) is 1. The van der Waals surface area contributed by atoms with Crippen molar-refractivity contribution in [3.05, 3.63) is 58.4 Å². The molecule has 2 rings (SSSR count). The molecule has 0 aromatic heterocycles. The van der Waals surface area contributed by atoms with E-state index in [2.05, 4.69) is 0 Å². The van der Waals surface area contributed by atoms with Gasteiger partial charge in [0.1, 0.15) is 5.82 Å². The van der Waals surface area contributed by atoms with E-state index in [1.807, 2.05) is 6.92 Å². The van der Waals surface area contributed by atoms with Gasteiger partial charge in [0.2, 0.25) is 0 Å². The lowest BCUT2D eigenvalue weighted by molar-refractivity contribution is 0.626. The summed E-state index contributed by atoms with van der Waals surface area (Å²) < 4.78 is 25.6. The highest BCUT2D eigenvalue weighted by Crippen LogP contribution is 2.21. The number of benzene rings is 2. The van der Waals surface area contributed by atoms with Crippen LogP contribution < -0.4 is 5.73 Å². The Morgan fingerprint density at radius 1 is 1.26 bits per heavy atom. The predicted molar refractivity (Wildman–Crippen MR) is 77.1 cm³/mol. The molecule has 2 aromatic carbocycles. The molecule has 0 aliphatic heterocycles. The number of halogens is 2. The molecule has 2 N–H and O–H groups in total. The molecule has 0 saturated carbocycles. The van der Waals surface area contributed by atoms with Crippen molar-refractivity contribution in [2.75, 3.05) is 5.73 Å². The van der Waals surface area contributed by atoms with Gasteiger partial charge in [-0.3, -0.25) is 4.21 Å². The van der Waals surface area contributed by atoms with Gasteiger partial charge in [-0.25, -0.2) is 4.39 Å². The van der Waals surface area contributed by atoms with Crippen LogP contribution in [0.2, 0.25) is 5.02 Å². The summed E-state index contributed by atoms with van der Waals surface area (Å²) in [6, 6.07) is 9.69. The summed E-state index contributed by atoms with van der Waals surface area (Å²) in [5.41, 5.74) is 7.81. The maximum Gasteiger partial charge on any atom is 0.142 e.